The van der Waals surface area contributed by atoms with Crippen LogP contribution in [0.1, 0.15) is 17.5 Å². The number of hydrogen-bond donors (Lipinski definition) is 2. The van der Waals surface area contributed by atoms with Crippen LogP contribution in [0, 0.1) is 3.57 Å². The molecule has 0 spiro atoms. The molecule has 1 fully saturated rings. The molecule has 33 heavy (non-hydrogen) atoms. The van der Waals surface area contributed by atoms with Crippen molar-refractivity contribution in [1.29, 1.82) is 0 Å². The molecule has 2 aliphatic heterocycles. The highest BCUT2D eigenvalue weighted by Crippen LogP contribution is 2.54. The molecule has 2 N–H and O–H groups in total. The first-order valence-corrected chi connectivity index (χ1v) is 12.1. The number of rotatable bonds is 3. The Morgan fingerprint density at radius 1 is 1.03 bits per heavy atom. The third kappa shape index (κ3) is 3.45. The van der Waals surface area contributed by atoms with Gasteiger partial charge in [0.1, 0.15) is 17.1 Å². The van der Waals surface area contributed by atoms with E-state index in [1.54, 1.807) is 12.1 Å². The highest BCUT2D eigenvalue weighted by Gasteiger charge is 2.71. The van der Waals surface area contributed by atoms with Crippen molar-refractivity contribution >= 4 is 32.4 Å². The van der Waals surface area contributed by atoms with Crippen LogP contribution in [0.25, 0.3) is 0 Å². The first-order valence-electron chi connectivity index (χ1n) is 9.53. The Labute approximate surface area is 198 Å². The minimum absolute atomic E-state index is 0.0318. The molecular weight excluding hydrogens is 591 g/mol. The van der Waals surface area contributed by atoms with Gasteiger partial charge in [-0.1, -0.05) is 12.1 Å². The van der Waals surface area contributed by atoms with Crippen molar-refractivity contribution in [2.45, 2.75) is 40.1 Å². The van der Waals surface area contributed by atoms with Gasteiger partial charge in [0.15, 0.2) is 9.84 Å². The van der Waals surface area contributed by atoms with Gasteiger partial charge in [-0.3, -0.25) is 0 Å². The van der Waals surface area contributed by atoms with Crippen molar-refractivity contribution in [1.82, 2.24) is 5.32 Å². The second-order valence-electron chi connectivity index (χ2n) is 7.83. The summed E-state index contributed by atoms with van der Waals surface area (Å²) in [4.78, 5) is -0.0318. The molecule has 0 aromatic heterocycles. The molecule has 180 valence electrons. The van der Waals surface area contributed by atoms with E-state index in [1.165, 1.54) is 12.1 Å². The van der Waals surface area contributed by atoms with Crippen LogP contribution in [0.3, 0.4) is 0 Å². The first kappa shape index (κ1) is 24.5. The van der Waals surface area contributed by atoms with Crippen LogP contribution < -0.4 is 10.1 Å². The molecule has 2 aromatic carbocycles. The Kier molecular flexibility index (Phi) is 5.74. The molecule has 13 heteroatoms. The lowest BCUT2D eigenvalue weighted by atomic mass is 9.84. The van der Waals surface area contributed by atoms with E-state index in [4.69, 9.17) is 4.74 Å². The molecule has 2 aromatic rings. The average molecular weight is 607 g/mol. The third-order valence-electron chi connectivity index (χ3n) is 6.13. The maximum Gasteiger partial charge on any atom is 0.430 e. The van der Waals surface area contributed by atoms with Gasteiger partial charge in [0.2, 0.25) is 0 Å². The van der Waals surface area contributed by atoms with E-state index in [9.17, 15) is 39.9 Å². The third-order valence-corrected chi connectivity index (χ3v) is 9.41. The number of hydrogen-bond acceptors (Lipinski definition) is 5. The van der Waals surface area contributed by atoms with E-state index in [-0.39, 0.29) is 30.0 Å². The van der Waals surface area contributed by atoms with E-state index < -0.39 is 49.9 Å². The van der Waals surface area contributed by atoms with Crippen LogP contribution in [0.2, 0.25) is 0 Å². The zero-order chi connectivity index (χ0) is 24.4. The van der Waals surface area contributed by atoms with Crippen molar-refractivity contribution < 1.29 is 44.6 Å². The van der Waals surface area contributed by atoms with E-state index >= 15 is 0 Å². The van der Waals surface area contributed by atoms with Crippen LogP contribution in [-0.2, 0) is 20.2 Å². The van der Waals surface area contributed by atoms with Gasteiger partial charge in [-0.2, -0.15) is 26.3 Å². The average Bonchev–Trinajstić information content (AvgIpc) is 3.17. The van der Waals surface area contributed by atoms with Gasteiger partial charge >= 0.3 is 12.4 Å². The molecule has 0 saturated carbocycles. The van der Waals surface area contributed by atoms with Gasteiger partial charge in [-0.05, 0) is 65.9 Å². The lowest BCUT2D eigenvalue weighted by Crippen LogP contribution is -2.54. The maximum absolute atomic E-state index is 13.8. The molecule has 0 aliphatic carbocycles. The number of benzene rings is 2. The summed E-state index contributed by atoms with van der Waals surface area (Å²) >= 11 is 2.00. The quantitative estimate of drug-likeness (QED) is 0.408. The van der Waals surface area contributed by atoms with Gasteiger partial charge in [-0.25, -0.2) is 8.42 Å². The van der Waals surface area contributed by atoms with Crippen LogP contribution in [-0.4, -0.2) is 45.1 Å². The van der Waals surface area contributed by atoms with Crippen molar-refractivity contribution in [2.24, 2.45) is 0 Å². The summed E-state index contributed by atoms with van der Waals surface area (Å²) in [5.74, 6) is -0.450. The normalized spacial score (nSPS) is 23.6. The Morgan fingerprint density at radius 2 is 1.64 bits per heavy atom. The van der Waals surface area contributed by atoms with Crippen LogP contribution in [0.4, 0.5) is 26.3 Å². The molecule has 0 amide bonds. The Hall–Kier alpha value is -1.58. The second-order valence-corrected chi connectivity index (χ2v) is 11.3. The number of nitrogens with one attached hydrogen (secondary N) is 1. The summed E-state index contributed by atoms with van der Waals surface area (Å²) in [5.41, 5.74) is -6.71. The smallest absolute Gasteiger partial charge is 0.430 e. The predicted octanol–water partition coefficient (Wildman–Crippen LogP) is 4.03. The summed E-state index contributed by atoms with van der Waals surface area (Å²) in [5, 5.41) is 12.7. The fourth-order valence-electron chi connectivity index (χ4n) is 4.46. The summed E-state index contributed by atoms with van der Waals surface area (Å²) < 4.78 is 112. The zero-order valence-electron chi connectivity index (χ0n) is 16.5. The second kappa shape index (κ2) is 7.71. The number of aliphatic hydroxyl groups is 1. The summed E-state index contributed by atoms with van der Waals surface area (Å²) in [6.45, 7) is -0.0512. The van der Waals surface area contributed by atoms with Gasteiger partial charge in [0, 0.05) is 14.7 Å². The molecule has 2 atom stereocenters. The first-order chi connectivity index (χ1) is 15.2. The topological polar surface area (TPSA) is 75.6 Å². The van der Waals surface area contributed by atoms with Gasteiger partial charge in [0.25, 0.3) is 5.60 Å². The highest BCUT2D eigenvalue weighted by molar-refractivity contribution is 14.1. The highest BCUT2D eigenvalue weighted by atomic mass is 127. The van der Waals surface area contributed by atoms with E-state index in [1.807, 2.05) is 22.6 Å². The number of halogens is 7. The summed E-state index contributed by atoms with van der Waals surface area (Å²) in [7, 11) is -4.15. The number of fused-ring (bicyclic) bond motifs is 3. The lowest BCUT2D eigenvalue weighted by Gasteiger charge is -2.40. The fraction of sp³-hybridized carbons (Fsp3) is 0.400. The molecular formula is C20H16F6INO4S. The molecule has 2 unspecified atom stereocenters. The standard InChI is InChI=1S/C20H16F6INO4S/c21-19(22,23)18(29,20(24,25)26)11-1-6-14-15(9-11)32-10-16-17(14,7-8-28-16)33(30,31)13-4-2-12(27)3-5-13/h1-6,9,16,28-29H,7-8,10H2. The predicted molar refractivity (Wildman–Crippen MR) is 112 cm³/mol. The maximum atomic E-state index is 13.8. The Balaban J connectivity index is 1.92. The van der Waals surface area contributed by atoms with Gasteiger partial charge < -0.3 is 15.2 Å². The molecule has 5 nitrogen and oxygen atoms in total. The Bertz CT molecular complexity index is 1170. The Morgan fingerprint density at radius 3 is 2.21 bits per heavy atom. The van der Waals surface area contributed by atoms with E-state index in [0.29, 0.717) is 12.1 Å². The molecule has 1 saturated heterocycles. The fourth-order valence-corrected chi connectivity index (χ4v) is 7.08. The molecule has 0 bridgehead atoms. The van der Waals surface area contributed by atoms with E-state index in [0.717, 1.165) is 9.64 Å². The summed E-state index contributed by atoms with van der Waals surface area (Å²) in [6, 6.07) is 6.94. The minimum Gasteiger partial charge on any atom is -0.492 e. The number of alkyl halides is 6. The SMILES string of the molecule is O=S(=O)(c1ccc(I)cc1)C12CCNC1COc1cc(C(O)(C(F)(F)F)C(F)(F)F)ccc12. The zero-order valence-corrected chi connectivity index (χ0v) is 19.4. The molecule has 4 rings (SSSR count). The molecule has 0 radical (unpaired) electrons. The van der Waals surface area contributed by atoms with Crippen LogP contribution in [0.15, 0.2) is 47.4 Å². The monoisotopic (exact) mass is 607 g/mol. The van der Waals surface area contributed by atoms with E-state index in [2.05, 4.69) is 5.32 Å². The molecule has 2 aliphatic rings. The van der Waals surface area contributed by atoms with Crippen molar-refractivity contribution in [3.05, 3.63) is 57.2 Å². The van der Waals surface area contributed by atoms with Gasteiger partial charge in [0.05, 0.1) is 10.9 Å². The number of sulfone groups is 1. The van der Waals surface area contributed by atoms with Crippen LogP contribution in [0.5, 0.6) is 5.75 Å². The largest absolute Gasteiger partial charge is 0.492 e. The van der Waals surface area contributed by atoms with Crippen LogP contribution >= 0.6 is 22.6 Å². The van der Waals surface area contributed by atoms with Gasteiger partial charge in [-0.15, -0.1) is 0 Å². The lowest BCUT2D eigenvalue weighted by molar-refractivity contribution is -0.376. The van der Waals surface area contributed by atoms with Crippen molar-refractivity contribution in [3.63, 3.8) is 0 Å². The van der Waals surface area contributed by atoms with Crippen molar-refractivity contribution in [3.8, 4) is 5.75 Å². The molecule has 2 heterocycles. The van der Waals surface area contributed by atoms with Crippen molar-refractivity contribution in [2.75, 3.05) is 13.2 Å². The summed E-state index contributed by atoms with van der Waals surface area (Å²) in [6.07, 6.45) is -12.1. The minimum atomic E-state index is -6.07. The number of ether oxygens (including phenoxy) is 1.